The van der Waals surface area contributed by atoms with Gasteiger partial charge in [0.05, 0.1) is 45.4 Å². The fraction of sp³-hybridized carbons (Fsp3) is 0.211. The summed E-state index contributed by atoms with van der Waals surface area (Å²) in [4.78, 5) is 49.5. The molecule has 1 heterocycles. The van der Waals surface area contributed by atoms with Crippen molar-refractivity contribution in [2.24, 2.45) is 4.99 Å². The molecule has 32 heavy (non-hydrogen) atoms. The first kappa shape index (κ1) is 22.6. The number of thiazole rings is 1. The molecule has 2 aromatic carbocycles. The Bertz CT molecular complexity index is 1280. The third-order valence-electron chi connectivity index (χ3n) is 4.25. The zero-order valence-electron chi connectivity index (χ0n) is 16.8. The van der Waals surface area contributed by atoms with Gasteiger partial charge in [0.1, 0.15) is 12.3 Å². The predicted molar refractivity (Wildman–Crippen MR) is 113 cm³/mol. The number of nitro groups is 2. The SMILES string of the molecule is CCOC(=O)Cn1c(=NC(=O)c2cc([N+](=O)[O-])cc([N+](=O)[O-])c2)sc2cc(OC)ccc21. The van der Waals surface area contributed by atoms with Crippen LogP contribution in [-0.2, 0) is 16.1 Å². The number of non-ortho nitro benzene ring substituents is 2. The number of hydrogen-bond acceptors (Lipinski definition) is 9. The topological polar surface area (TPSA) is 156 Å². The lowest BCUT2D eigenvalue weighted by atomic mass is 10.1. The fourth-order valence-corrected chi connectivity index (χ4v) is 3.89. The van der Waals surface area contributed by atoms with Crippen molar-refractivity contribution < 1.29 is 28.9 Å². The molecule has 0 saturated carbocycles. The molecule has 1 aromatic heterocycles. The summed E-state index contributed by atoms with van der Waals surface area (Å²) in [6.45, 7) is 1.59. The highest BCUT2D eigenvalue weighted by molar-refractivity contribution is 7.16. The lowest BCUT2D eigenvalue weighted by Crippen LogP contribution is -2.23. The molecule has 3 rings (SSSR count). The molecular formula is C19H16N4O8S. The molecule has 0 unspecified atom stereocenters. The number of carbonyl (C=O) groups excluding carboxylic acids is 2. The standard InChI is InChI=1S/C19H16N4O8S/c1-3-31-17(24)10-21-15-5-4-14(30-2)9-16(15)32-19(21)20-18(25)11-6-12(22(26)27)8-13(7-11)23(28)29/h4-9H,3,10H2,1-2H3. The van der Waals surface area contributed by atoms with Crippen molar-refractivity contribution in [1.82, 2.24) is 4.57 Å². The Morgan fingerprint density at radius 3 is 2.31 bits per heavy atom. The normalized spacial score (nSPS) is 11.4. The highest BCUT2D eigenvalue weighted by Crippen LogP contribution is 2.25. The zero-order valence-corrected chi connectivity index (χ0v) is 17.7. The number of benzene rings is 2. The second kappa shape index (κ2) is 9.34. The number of rotatable bonds is 7. The van der Waals surface area contributed by atoms with Gasteiger partial charge in [-0.15, -0.1) is 0 Å². The van der Waals surface area contributed by atoms with E-state index in [1.807, 2.05) is 0 Å². The minimum Gasteiger partial charge on any atom is -0.497 e. The average molecular weight is 460 g/mol. The second-order valence-corrected chi connectivity index (χ2v) is 7.29. The molecule has 0 radical (unpaired) electrons. The van der Waals surface area contributed by atoms with E-state index in [1.54, 1.807) is 25.1 Å². The van der Waals surface area contributed by atoms with Crippen LogP contribution < -0.4 is 9.54 Å². The van der Waals surface area contributed by atoms with Crippen LogP contribution in [0.3, 0.4) is 0 Å². The van der Waals surface area contributed by atoms with Crippen LogP contribution >= 0.6 is 11.3 Å². The van der Waals surface area contributed by atoms with E-state index in [0.717, 1.165) is 29.5 Å². The minimum absolute atomic E-state index is 0.112. The maximum atomic E-state index is 12.8. The van der Waals surface area contributed by atoms with Crippen LogP contribution in [0.5, 0.6) is 5.75 Å². The van der Waals surface area contributed by atoms with Crippen LogP contribution in [0.15, 0.2) is 41.4 Å². The van der Waals surface area contributed by atoms with Gasteiger partial charge in [0, 0.05) is 12.1 Å². The zero-order chi connectivity index (χ0) is 23.4. The quantitative estimate of drug-likeness (QED) is 0.296. The van der Waals surface area contributed by atoms with Crippen molar-refractivity contribution in [2.45, 2.75) is 13.5 Å². The molecule has 0 saturated heterocycles. The molecule has 12 nitrogen and oxygen atoms in total. The van der Waals surface area contributed by atoms with Crippen LogP contribution in [-0.4, -0.2) is 40.0 Å². The second-order valence-electron chi connectivity index (χ2n) is 6.28. The third kappa shape index (κ3) is 4.78. The summed E-state index contributed by atoms with van der Waals surface area (Å²) in [6.07, 6.45) is 0. The van der Waals surface area contributed by atoms with Gasteiger partial charge in [-0.3, -0.25) is 29.8 Å². The summed E-state index contributed by atoms with van der Waals surface area (Å²) in [5.41, 5.74) is -0.972. The third-order valence-corrected chi connectivity index (χ3v) is 5.29. The first-order chi connectivity index (χ1) is 15.2. The van der Waals surface area contributed by atoms with E-state index in [1.165, 1.54) is 11.7 Å². The number of nitrogens with zero attached hydrogens (tertiary/aromatic N) is 4. The van der Waals surface area contributed by atoms with E-state index in [0.29, 0.717) is 16.0 Å². The van der Waals surface area contributed by atoms with E-state index in [9.17, 15) is 29.8 Å². The van der Waals surface area contributed by atoms with Gasteiger partial charge in [-0.05, 0) is 25.1 Å². The molecule has 0 aliphatic heterocycles. The van der Waals surface area contributed by atoms with Gasteiger partial charge in [-0.1, -0.05) is 11.3 Å². The maximum absolute atomic E-state index is 12.8. The molecule has 1 amide bonds. The molecule has 0 atom stereocenters. The van der Waals surface area contributed by atoms with Crippen molar-refractivity contribution in [3.63, 3.8) is 0 Å². The highest BCUT2D eigenvalue weighted by Gasteiger charge is 2.20. The smallest absolute Gasteiger partial charge is 0.326 e. The molecule has 0 aliphatic rings. The van der Waals surface area contributed by atoms with E-state index >= 15 is 0 Å². The number of ether oxygens (including phenoxy) is 2. The molecule has 0 N–H and O–H groups in total. The van der Waals surface area contributed by atoms with Gasteiger partial charge >= 0.3 is 5.97 Å². The Morgan fingerprint density at radius 1 is 1.09 bits per heavy atom. The summed E-state index contributed by atoms with van der Waals surface area (Å²) in [5.74, 6) is -0.940. The first-order valence-electron chi connectivity index (χ1n) is 9.09. The Kier molecular flexibility index (Phi) is 6.59. The fourth-order valence-electron chi connectivity index (χ4n) is 2.84. The molecule has 166 valence electrons. The Labute approximate surface area is 183 Å². The monoisotopic (exact) mass is 460 g/mol. The number of fused-ring (bicyclic) bond motifs is 1. The van der Waals surface area contributed by atoms with Crippen molar-refractivity contribution in [3.05, 3.63) is 67.0 Å². The first-order valence-corrected chi connectivity index (χ1v) is 9.91. The number of methoxy groups -OCH3 is 1. The number of amides is 1. The summed E-state index contributed by atoms with van der Waals surface area (Å²) < 4.78 is 12.3. The van der Waals surface area contributed by atoms with Gasteiger partial charge in [0.2, 0.25) is 0 Å². The number of hydrogen-bond donors (Lipinski definition) is 0. The van der Waals surface area contributed by atoms with Crippen molar-refractivity contribution in [2.75, 3.05) is 13.7 Å². The van der Waals surface area contributed by atoms with Gasteiger partial charge < -0.3 is 14.0 Å². The summed E-state index contributed by atoms with van der Waals surface area (Å²) in [6, 6.07) is 7.63. The summed E-state index contributed by atoms with van der Waals surface area (Å²) in [5, 5.41) is 22.2. The number of carbonyl (C=O) groups is 2. The maximum Gasteiger partial charge on any atom is 0.326 e. The van der Waals surface area contributed by atoms with Crippen LogP contribution in [0.4, 0.5) is 11.4 Å². The van der Waals surface area contributed by atoms with Crippen molar-refractivity contribution in [1.29, 1.82) is 0 Å². The summed E-state index contributed by atoms with van der Waals surface area (Å²) >= 11 is 1.08. The average Bonchev–Trinajstić information content (AvgIpc) is 3.09. The van der Waals surface area contributed by atoms with E-state index in [2.05, 4.69) is 4.99 Å². The van der Waals surface area contributed by atoms with E-state index in [4.69, 9.17) is 9.47 Å². The Balaban J connectivity index is 2.16. The highest BCUT2D eigenvalue weighted by atomic mass is 32.1. The Hall–Kier alpha value is -4.13. The van der Waals surface area contributed by atoms with Crippen LogP contribution in [0, 0.1) is 20.2 Å². The van der Waals surface area contributed by atoms with Crippen LogP contribution in [0.25, 0.3) is 10.2 Å². The minimum atomic E-state index is -0.937. The number of aromatic nitrogens is 1. The van der Waals surface area contributed by atoms with E-state index < -0.39 is 33.1 Å². The largest absolute Gasteiger partial charge is 0.497 e. The Morgan fingerprint density at radius 2 is 1.75 bits per heavy atom. The van der Waals surface area contributed by atoms with E-state index in [-0.39, 0.29) is 23.5 Å². The molecule has 0 aliphatic carbocycles. The lowest BCUT2D eigenvalue weighted by Gasteiger charge is -2.05. The molecule has 0 fully saturated rings. The van der Waals surface area contributed by atoms with Crippen molar-refractivity contribution >= 4 is 44.8 Å². The summed E-state index contributed by atoms with van der Waals surface area (Å²) in [7, 11) is 1.49. The molecular weight excluding hydrogens is 444 g/mol. The molecule has 13 heteroatoms. The van der Waals surface area contributed by atoms with Gasteiger partial charge in [0.15, 0.2) is 4.80 Å². The van der Waals surface area contributed by atoms with Gasteiger partial charge in [-0.25, -0.2) is 0 Å². The van der Waals surface area contributed by atoms with Crippen LogP contribution in [0.1, 0.15) is 17.3 Å². The molecule has 0 bridgehead atoms. The molecule has 3 aromatic rings. The number of nitro benzene ring substituents is 2. The van der Waals surface area contributed by atoms with Gasteiger partial charge in [-0.2, -0.15) is 4.99 Å². The number of esters is 1. The van der Waals surface area contributed by atoms with Crippen molar-refractivity contribution in [3.8, 4) is 5.75 Å². The lowest BCUT2D eigenvalue weighted by molar-refractivity contribution is -0.394. The van der Waals surface area contributed by atoms with Crippen LogP contribution in [0.2, 0.25) is 0 Å². The molecule has 0 spiro atoms. The predicted octanol–water partition coefficient (Wildman–Crippen LogP) is 2.83. The van der Waals surface area contributed by atoms with Gasteiger partial charge in [0.25, 0.3) is 17.3 Å².